The minimum Gasteiger partial charge on any atom is -0.456 e. The highest BCUT2D eigenvalue weighted by atomic mass is 79.9. The number of aromatic nitrogens is 2. The Morgan fingerprint density at radius 3 is 2.45 bits per heavy atom. The number of hydrogen-bond acceptors (Lipinski definition) is 5. The second-order valence-corrected chi connectivity index (χ2v) is 9.87. The van der Waals surface area contributed by atoms with Crippen molar-refractivity contribution >= 4 is 27.8 Å². The van der Waals surface area contributed by atoms with Crippen LogP contribution in [0.25, 0.3) is 0 Å². The Balaban J connectivity index is 1.58. The van der Waals surface area contributed by atoms with Gasteiger partial charge in [0.15, 0.2) is 6.61 Å². The zero-order chi connectivity index (χ0) is 27.4. The lowest BCUT2D eigenvalue weighted by Crippen LogP contribution is -2.34. The summed E-state index contributed by atoms with van der Waals surface area (Å²) < 4.78 is 49.5. The molecular weight excluding hydrogens is 569 g/mol. The van der Waals surface area contributed by atoms with Crippen LogP contribution in [-0.2, 0) is 46.9 Å². The van der Waals surface area contributed by atoms with Crippen LogP contribution in [0.4, 0.5) is 13.2 Å². The Hall–Kier alpha value is -3.38. The van der Waals surface area contributed by atoms with Crippen LogP contribution in [0.3, 0.4) is 0 Å². The fourth-order valence-electron chi connectivity index (χ4n) is 4.53. The van der Waals surface area contributed by atoms with Gasteiger partial charge < -0.3 is 10.1 Å². The number of ether oxygens (including phenoxy) is 1. The second kappa shape index (κ2) is 12.0. The van der Waals surface area contributed by atoms with Crippen molar-refractivity contribution in [2.75, 3.05) is 19.7 Å². The van der Waals surface area contributed by atoms with Crippen molar-refractivity contribution in [3.05, 3.63) is 91.1 Å². The minimum atomic E-state index is -0.660. The van der Waals surface area contributed by atoms with Crippen molar-refractivity contribution in [2.45, 2.75) is 39.5 Å². The first kappa shape index (κ1) is 27.6. The molecule has 4 rings (SSSR count). The Labute approximate surface area is 225 Å². The summed E-state index contributed by atoms with van der Waals surface area (Å²) in [6.07, 6.45) is 0.501. The summed E-state index contributed by atoms with van der Waals surface area (Å²) in [4.78, 5) is 38.4. The van der Waals surface area contributed by atoms with Gasteiger partial charge in [0.2, 0.25) is 0 Å². The standard InChI is InChI=1S/C26H26BrF3N4O4/c1-16(35)38-15-25(36)31-5-7-33-24-4-6-32(12-17-8-20(29)10-21(30)9-17)14-22(24)26(37)34(33)13-18-2-3-19(28)11-23(18)27/h2-3,8-11H,4-7,12-15H2,1H3,(H,31,36). The molecule has 8 nitrogen and oxygen atoms in total. The Morgan fingerprint density at radius 1 is 1.03 bits per heavy atom. The lowest BCUT2D eigenvalue weighted by atomic mass is 10.1. The summed E-state index contributed by atoms with van der Waals surface area (Å²) in [7, 11) is 0. The summed E-state index contributed by atoms with van der Waals surface area (Å²) in [6.45, 7) is 2.51. The van der Waals surface area contributed by atoms with Crippen molar-refractivity contribution in [3.63, 3.8) is 0 Å². The van der Waals surface area contributed by atoms with Crippen LogP contribution >= 0.6 is 15.9 Å². The lowest BCUT2D eigenvalue weighted by Gasteiger charge is -2.27. The number of amides is 1. The zero-order valence-electron chi connectivity index (χ0n) is 20.6. The quantitative estimate of drug-likeness (QED) is 0.385. The van der Waals surface area contributed by atoms with E-state index in [-0.39, 0.29) is 38.3 Å². The summed E-state index contributed by atoms with van der Waals surface area (Å²) in [6, 6.07) is 7.58. The molecule has 0 saturated heterocycles. The van der Waals surface area contributed by atoms with E-state index < -0.39 is 35.9 Å². The molecule has 1 amide bonds. The van der Waals surface area contributed by atoms with E-state index in [9.17, 15) is 27.6 Å². The van der Waals surface area contributed by atoms with Gasteiger partial charge in [-0.05, 0) is 35.4 Å². The predicted molar refractivity (Wildman–Crippen MR) is 136 cm³/mol. The third-order valence-corrected chi connectivity index (χ3v) is 6.94. The van der Waals surface area contributed by atoms with E-state index >= 15 is 0 Å². The molecule has 1 aromatic heterocycles. The van der Waals surface area contributed by atoms with E-state index in [1.165, 1.54) is 31.2 Å². The normalized spacial score (nSPS) is 13.3. The topological polar surface area (TPSA) is 85.6 Å². The van der Waals surface area contributed by atoms with Gasteiger partial charge in [0.05, 0.1) is 18.7 Å². The van der Waals surface area contributed by atoms with Gasteiger partial charge in [-0.15, -0.1) is 0 Å². The first-order valence-electron chi connectivity index (χ1n) is 11.9. The van der Waals surface area contributed by atoms with Gasteiger partial charge in [-0.2, -0.15) is 0 Å². The number of halogens is 4. The fourth-order valence-corrected chi connectivity index (χ4v) is 5.01. The average Bonchev–Trinajstić information content (AvgIpc) is 3.09. The first-order chi connectivity index (χ1) is 18.1. The van der Waals surface area contributed by atoms with Crippen molar-refractivity contribution < 1.29 is 27.5 Å². The van der Waals surface area contributed by atoms with E-state index in [0.29, 0.717) is 34.1 Å². The highest BCUT2D eigenvalue weighted by Gasteiger charge is 2.27. The molecule has 202 valence electrons. The fraction of sp³-hybridized carbons (Fsp3) is 0.346. The van der Waals surface area contributed by atoms with E-state index in [4.69, 9.17) is 4.74 Å². The summed E-state index contributed by atoms with van der Waals surface area (Å²) in [5, 5.41) is 2.67. The molecule has 0 unspecified atom stereocenters. The first-order valence-corrected chi connectivity index (χ1v) is 12.7. The minimum absolute atomic E-state index is 0.156. The van der Waals surface area contributed by atoms with Crippen molar-refractivity contribution in [1.82, 2.24) is 19.6 Å². The molecule has 1 aliphatic heterocycles. The lowest BCUT2D eigenvalue weighted by molar-refractivity contribution is -0.146. The zero-order valence-corrected chi connectivity index (χ0v) is 22.2. The molecule has 0 bridgehead atoms. The van der Waals surface area contributed by atoms with Gasteiger partial charge in [-0.3, -0.25) is 24.0 Å². The third kappa shape index (κ3) is 6.73. The van der Waals surface area contributed by atoms with Gasteiger partial charge in [-0.1, -0.05) is 22.0 Å². The van der Waals surface area contributed by atoms with Crippen LogP contribution in [0.2, 0.25) is 0 Å². The number of rotatable bonds is 9. The molecule has 2 aromatic carbocycles. The number of carbonyl (C=O) groups excluding carboxylic acids is 2. The van der Waals surface area contributed by atoms with Crippen LogP contribution in [0.15, 0.2) is 45.7 Å². The van der Waals surface area contributed by atoms with E-state index in [1.54, 1.807) is 15.4 Å². The van der Waals surface area contributed by atoms with Crippen LogP contribution < -0.4 is 10.9 Å². The van der Waals surface area contributed by atoms with Gasteiger partial charge in [0, 0.05) is 55.8 Å². The van der Waals surface area contributed by atoms with Gasteiger partial charge in [0.1, 0.15) is 17.5 Å². The summed E-state index contributed by atoms with van der Waals surface area (Å²) in [5.74, 6) is -2.77. The number of hydrogen-bond donors (Lipinski definition) is 1. The molecule has 0 aliphatic carbocycles. The average molecular weight is 595 g/mol. The Morgan fingerprint density at radius 2 is 1.76 bits per heavy atom. The summed E-state index contributed by atoms with van der Waals surface area (Å²) in [5.41, 5.74) is 2.27. The number of carbonyl (C=O) groups is 2. The molecule has 0 fully saturated rings. The van der Waals surface area contributed by atoms with Gasteiger partial charge in [0.25, 0.3) is 11.5 Å². The monoisotopic (exact) mass is 594 g/mol. The largest absolute Gasteiger partial charge is 0.456 e. The Kier molecular flexibility index (Phi) is 8.72. The van der Waals surface area contributed by atoms with E-state index in [0.717, 1.165) is 11.8 Å². The number of esters is 1. The van der Waals surface area contributed by atoms with Gasteiger partial charge >= 0.3 is 5.97 Å². The molecule has 0 saturated carbocycles. The van der Waals surface area contributed by atoms with Crippen molar-refractivity contribution in [2.24, 2.45) is 0 Å². The SMILES string of the molecule is CC(=O)OCC(=O)NCCn1c2c(c(=O)n1Cc1ccc(F)cc1Br)CN(Cc1cc(F)cc(F)c1)CC2. The predicted octanol–water partition coefficient (Wildman–Crippen LogP) is 3.12. The Bertz CT molecular complexity index is 1400. The van der Waals surface area contributed by atoms with Crippen molar-refractivity contribution in [1.29, 1.82) is 0 Å². The molecule has 0 radical (unpaired) electrons. The highest BCUT2D eigenvalue weighted by molar-refractivity contribution is 9.10. The molecule has 0 spiro atoms. The highest BCUT2D eigenvalue weighted by Crippen LogP contribution is 2.23. The number of nitrogens with zero attached hydrogens (tertiary/aromatic N) is 3. The van der Waals surface area contributed by atoms with Crippen LogP contribution in [0.5, 0.6) is 0 Å². The van der Waals surface area contributed by atoms with Gasteiger partial charge in [-0.25, -0.2) is 17.9 Å². The summed E-state index contributed by atoms with van der Waals surface area (Å²) >= 11 is 3.35. The second-order valence-electron chi connectivity index (χ2n) is 9.02. The van der Waals surface area contributed by atoms with Crippen LogP contribution in [-0.4, -0.2) is 45.8 Å². The van der Waals surface area contributed by atoms with Crippen LogP contribution in [0.1, 0.15) is 29.3 Å². The maximum Gasteiger partial charge on any atom is 0.303 e. The number of nitrogens with one attached hydrogen (secondary N) is 1. The van der Waals surface area contributed by atoms with Crippen LogP contribution in [0, 0.1) is 17.5 Å². The maximum absolute atomic E-state index is 13.7. The molecule has 12 heteroatoms. The molecule has 3 aromatic rings. The molecule has 1 N–H and O–H groups in total. The number of fused-ring (bicyclic) bond motifs is 1. The molecule has 38 heavy (non-hydrogen) atoms. The van der Waals surface area contributed by atoms with Crippen molar-refractivity contribution in [3.8, 4) is 0 Å². The molecular formula is C26H26BrF3N4O4. The molecule has 1 aliphatic rings. The number of benzene rings is 2. The maximum atomic E-state index is 13.7. The smallest absolute Gasteiger partial charge is 0.303 e. The van der Waals surface area contributed by atoms with E-state index in [1.807, 2.05) is 4.90 Å². The molecule has 2 heterocycles. The van der Waals surface area contributed by atoms with E-state index in [2.05, 4.69) is 21.2 Å². The third-order valence-electron chi connectivity index (χ3n) is 6.21. The molecule has 0 atom stereocenters.